The summed E-state index contributed by atoms with van der Waals surface area (Å²) in [5, 5.41) is 42.1. The number of ketones is 1. The SMILES string of the molecule is CC(=O)[C@H](O)[C@H](O)N(CCc1ccc(O)c([N+](=O)[O-])c1)N=O. The van der Waals surface area contributed by atoms with Gasteiger partial charge in [-0.05, 0) is 25.0 Å². The Morgan fingerprint density at radius 3 is 2.59 bits per heavy atom. The van der Waals surface area contributed by atoms with Gasteiger partial charge in [0, 0.05) is 12.6 Å². The van der Waals surface area contributed by atoms with Gasteiger partial charge < -0.3 is 15.3 Å². The Morgan fingerprint density at radius 2 is 2.09 bits per heavy atom. The van der Waals surface area contributed by atoms with Crippen LogP contribution in [0.1, 0.15) is 12.5 Å². The fourth-order valence-corrected chi connectivity index (χ4v) is 1.71. The number of aliphatic hydroxyl groups excluding tert-OH is 2. The molecule has 0 aliphatic carbocycles. The lowest BCUT2D eigenvalue weighted by Crippen LogP contribution is -2.44. The summed E-state index contributed by atoms with van der Waals surface area (Å²) in [7, 11) is 0. The Balaban J connectivity index is 2.79. The second kappa shape index (κ2) is 7.43. The van der Waals surface area contributed by atoms with Crippen LogP contribution in [0.15, 0.2) is 23.5 Å². The Kier molecular flexibility index (Phi) is 5.90. The van der Waals surface area contributed by atoms with E-state index in [-0.39, 0.29) is 13.0 Å². The van der Waals surface area contributed by atoms with Gasteiger partial charge in [0.25, 0.3) is 0 Å². The van der Waals surface area contributed by atoms with Gasteiger partial charge in [-0.25, -0.2) is 5.01 Å². The molecular weight excluding hydrogens is 298 g/mol. The van der Waals surface area contributed by atoms with Crippen LogP contribution < -0.4 is 0 Å². The molecule has 0 fully saturated rings. The van der Waals surface area contributed by atoms with E-state index < -0.39 is 34.5 Å². The molecule has 22 heavy (non-hydrogen) atoms. The second-order valence-electron chi connectivity index (χ2n) is 4.54. The normalized spacial score (nSPS) is 13.2. The molecule has 1 rings (SSSR count). The van der Waals surface area contributed by atoms with E-state index in [2.05, 4.69) is 5.29 Å². The van der Waals surface area contributed by atoms with Gasteiger partial charge in [0.2, 0.25) is 0 Å². The van der Waals surface area contributed by atoms with E-state index >= 15 is 0 Å². The van der Waals surface area contributed by atoms with Crippen molar-refractivity contribution < 1.29 is 25.0 Å². The number of phenols is 1. The predicted molar refractivity (Wildman–Crippen MR) is 73.7 cm³/mol. The zero-order chi connectivity index (χ0) is 16.9. The summed E-state index contributed by atoms with van der Waals surface area (Å²) < 4.78 is 0. The van der Waals surface area contributed by atoms with Gasteiger partial charge in [0.1, 0.15) is 0 Å². The number of rotatable bonds is 8. The van der Waals surface area contributed by atoms with Crippen molar-refractivity contribution in [2.75, 3.05) is 6.54 Å². The molecule has 120 valence electrons. The number of hydrogen-bond acceptors (Lipinski definition) is 8. The van der Waals surface area contributed by atoms with Gasteiger partial charge in [0.15, 0.2) is 23.9 Å². The first-order valence-electron chi connectivity index (χ1n) is 6.20. The van der Waals surface area contributed by atoms with Gasteiger partial charge in [-0.1, -0.05) is 6.07 Å². The summed E-state index contributed by atoms with van der Waals surface area (Å²) in [6.45, 7) is 0.858. The molecule has 10 nitrogen and oxygen atoms in total. The molecule has 0 spiro atoms. The monoisotopic (exact) mass is 313 g/mol. The lowest BCUT2D eigenvalue weighted by molar-refractivity contribution is -0.385. The van der Waals surface area contributed by atoms with Gasteiger partial charge in [0.05, 0.1) is 10.2 Å². The maximum atomic E-state index is 11.0. The first-order chi connectivity index (χ1) is 10.3. The molecule has 0 aliphatic rings. The first kappa shape index (κ1) is 17.5. The number of hydrogen-bond donors (Lipinski definition) is 3. The van der Waals surface area contributed by atoms with Crippen LogP contribution in [-0.4, -0.2) is 49.9 Å². The average Bonchev–Trinajstić information content (AvgIpc) is 2.47. The van der Waals surface area contributed by atoms with Crippen molar-refractivity contribution >= 4 is 11.5 Å². The number of Topliss-reactive ketones (excluding diaryl/α,β-unsaturated/α-hetero) is 1. The fourth-order valence-electron chi connectivity index (χ4n) is 1.71. The molecule has 0 unspecified atom stereocenters. The number of nitrogens with zero attached hydrogens (tertiary/aromatic N) is 3. The standard InChI is InChI=1S/C12H15N3O7/c1-7(16)11(18)12(19)14(13-20)5-4-8-2-3-10(17)9(6-8)15(21)22/h2-3,6,11-12,17-19H,4-5H2,1H3/t11-,12-/m0/s1. The zero-order valence-corrected chi connectivity index (χ0v) is 11.6. The number of nitro groups is 1. The minimum atomic E-state index is -1.80. The van der Waals surface area contributed by atoms with E-state index in [1.165, 1.54) is 6.07 Å². The van der Waals surface area contributed by atoms with Gasteiger partial charge in [-0.3, -0.25) is 14.9 Å². The van der Waals surface area contributed by atoms with E-state index in [4.69, 9.17) is 0 Å². The van der Waals surface area contributed by atoms with Crippen molar-refractivity contribution in [3.8, 4) is 5.75 Å². The fraction of sp³-hybridized carbons (Fsp3) is 0.417. The molecule has 0 aliphatic heterocycles. The van der Waals surface area contributed by atoms with Crippen LogP contribution in [0.2, 0.25) is 0 Å². The molecule has 1 aromatic rings. The highest BCUT2D eigenvalue weighted by Gasteiger charge is 2.27. The van der Waals surface area contributed by atoms with Crippen molar-refractivity contribution in [3.05, 3.63) is 38.8 Å². The lowest BCUT2D eigenvalue weighted by Gasteiger charge is -2.24. The number of nitroso groups, excluding NO2 is 1. The summed E-state index contributed by atoms with van der Waals surface area (Å²) in [6.07, 6.45) is -3.52. The van der Waals surface area contributed by atoms with Crippen molar-refractivity contribution in [3.63, 3.8) is 0 Å². The summed E-state index contributed by atoms with van der Waals surface area (Å²) in [5.41, 5.74) is -0.0879. The number of nitro benzene ring substituents is 1. The molecule has 10 heteroatoms. The Labute approximate surface area is 124 Å². The van der Waals surface area contributed by atoms with Gasteiger partial charge in [-0.2, -0.15) is 0 Å². The Bertz CT molecular complexity index is 578. The molecule has 0 heterocycles. The quantitative estimate of drug-likeness (QED) is 0.264. The highest BCUT2D eigenvalue weighted by molar-refractivity contribution is 5.80. The van der Waals surface area contributed by atoms with Crippen molar-refractivity contribution in [2.45, 2.75) is 25.7 Å². The number of aliphatic hydroxyl groups is 2. The largest absolute Gasteiger partial charge is 0.502 e. The van der Waals surface area contributed by atoms with Crippen molar-refractivity contribution in [2.24, 2.45) is 5.29 Å². The van der Waals surface area contributed by atoms with E-state index in [1.807, 2.05) is 0 Å². The number of phenolic OH excluding ortho intramolecular Hbond substituents is 1. The molecule has 0 aromatic heterocycles. The summed E-state index contributed by atoms with van der Waals surface area (Å²) in [4.78, 5) is 31.6. The number of benzene rings is 1. The van der Waals surface area contributed by atoms with Crippen molar-refractivity contribution in [1.82, 2.24) is 5.01 Å². The third-order valence-corrected chi connectivity index (χ3v) is 2.98. The number of aromatic hydroxyl groups is 1. The Morgan fingerprint density at radius 1 is 1.45 bits per heavy atom. The molecule has 0 saturated heterocycles. The topological polar surface area (TPSA) is 154 Å². The minimum absolute atomic E-state index is 0.0640. The third-order valence-electron chi connectivity index (χ3n) is 2.98. The zero-order valence-electron chi connectivity index (χ0n) is 11.6. The van der Waals surface area contributed by atoms with Gasteiger partial charge in [-0.15, -0.1) is 4.91 Å². The van der Waals surface area contributed by atoms with E-state index in [0.29, 0.717) is 10.6 Å². The molecule has 1 aromatic carbocycles. The predicted octanol–water partition coefficient (Wildman–Crippen LogP) is 0.0946. The van der Waals surface area contributed by atoms with E-state index in [0.717, 1.165) is 19.1 Å². The maximum Gasteiger partial charge on any atom is 0.310 e. The highest BCUT2D eigenvalue weighted by atomic mass is 16.6. The Hall–Kier alpha value is -2.59. The average molecular weight is 313 g/mol. The van der Waals surface area contributed by atoms with Crippen LogP contribution in [-0.2, 0) is 11.2 Å². The highest BCUT2D eigenvalue weighted by Crippen LogP contribution is 2.26. The molecular formula is C12H15N3O7. The summed E-state index contributed by atoms with van der Waals surface area (Å²) >= 11 is 0. The lowest BCUT2D eigenvalue weighted by atomic mass is 10.1. The minimum Gasteiger partial charge on any atom is -0.502 e. The van der Waals surface area contributed by atoms with Crippen LogP contribution in [0.25, 0.3) is 0 Å². The van der Waals surface area contributed by atoms with Crippen LogP contribution in [0.5, 0.6) is 5.75 Å². The molecule has 0 bridgehead atoms. The number of carbonyl (C=O) groups excluding carboxylic acids is 1. The molecule has 0 amide bonds. The van der Waals surface area contributed by atoms with Crippen LogP contribution >= 0.6 is 0 Å². The van der Waals surface area contributed by atoms with Crippen LogP contribution in [0, 0.1) is 15.0 Å². The molecule has 0 saturated carbocycles. The molecule has 3 N–H and O–H groups in total. The van der Waals surface area contributed by atoms with Gasteiger partial charge >= 0.3 is 5.69 Å². The van der Waals surface area contributed by atoms with E-state index in [1.54, 1.807) is 0 Å². The molecule has 2 atom stereocenters. The van der Waals surface area contributed by atoms with Crippen LogP contribution in [0.3, 0.4) is 0 Å². The van der Waals surface area contributed by atoms with E-state index in [9.17, 15) is 35.1 Å². The second-order valence-corrected chi connectivity index (χ2v) is 4.54. The van der Waals surface area contributed by atoms with Crippen molar-refractivity contribution in [1.29, 1.82) is 0 Å². The van der Waals surface area contributed by atoms with Crippen LogP contribution in [0.4, 0.5) is 5.69 Å². The summed E-state index contributed by atoms with van der Waals surface area (Å²) in [6, 6.07) is 3.65. The molecule has 0 radical (unpaired) electrons. The smallest absolute Gasteiger partial charge is 0.310 e. The summed E-state index contributed by atoms with van der Waals surface area (Å²) in [5.74, 6) is -1.23. The number of carbonyl (C=O) groups is 1. The first-order valence-corrected chi connectivity index (χ1v) is 6.20. The third kappa shape index (κ3) is 4.20. The maximum absolute atomic E-state index is 11.0.